The summed E-state index contributed by atoms with van der Waals surface area (Å²) in [7, 11) is -2.04. The monoisotopic (exact) mass is 474 g/mol. The first-order chi connectivity index (χ1) is 15.8. The average molecular weight is 475 g/mol. The summed E-state index contributed by atoms with van der Waals surface area (Å²) in [6.45, 7) is 4.89. The number of ether oxygens (including phenoxy) is 2. The number of amides is 1. The van der Waals surface area contributed by atoms with Gasteiger partial charge in [-0.25, -0.2) is 13.2 Å². The van der Waals surface area contributed by atoms with Gasteiger partial charge in [-0.3, -0.25) is 4.79 Å². The summed E-state index contributed by atoms with van der Waals surface area (Å²) in [5, 5.41) is 2.85. The van der Waals surface area contributed by atoms with Gasteiger partial charge < -0.3 is 14.8 Å². The molecule has 9 heteroatoms. The molecule has 178 valence electrons. The van der Waals surface area contributed by atoms with Crippen LogP contribution in [0.4, 0.5) is 5.69 Å². The van der Waals surface area contributed by atoms with E-state index in [1.165, 1.54) is 11.4 Å². The number of carbonyl (C=O) groups excluding carboxylic acids is 2. The highest BCUT2D eigenvalue weighted by Gasteiger charge is 2.27. The second kappa shape index (κ2) is 10.8. The predicted octanol–water partition coefficient (Wildman–Crippen LogP) is 3.54. The number of benzene rings is 2. The third-order valence-corrected chi connectivity index (χ3v) is 7.48. The van der Waals surface area contributed by atoms with E-state index in [2.05, 4.69) is 5.32 Å². The van der Waals surface area contributed by atoms with Crippen LogP contribution >= 0.6 is 0 Å². The number of sulfonamides is 1. The van der Waals surface area contributed by atoms with Gasteiger partial charge in [0.05, 0.1) is 24.2 Å². The molecule has 33 heavy (non-hydrogen) atoms. The number of nitrogens with one attached hydrogen (secondary N) is 1. The van der Waals surface area contributed by atoms with E-state index in [1.807, 2.05) is 0 Å². The Morgan fingerprint density at radius 3 is 2.45 bits per heavy atom. The molecule has 8 nitrogen and oxygen atoms in total. The van der Waals surface area contributed by atoms with Crippen LogP contribution in [-0.4, -0.2) is 51.4 Å². The summed E-state index contributed by atoms with van der Waals surface area (Å²) in [6.07, 6.45) is 2.19. The lowest BCUT2D eigenvalue weighted by molar-refractivity contribution is -0.116. The van der Waals surface area contributed by atoms with Crippen LogP contribution in [0.1, 0.15) is 47.7 Å². The van der Waals surface area contributed by atoms with Crippen LogP contribution in [0.3, 0.4) is 0 Å². The molecule has 3 rings (SSSR count). The molecule has 2 aromatic rings. The van der Waals surface area contributed by atoms with E-state index >= 15 is 0 Å². The SMILES string of the molecule is CCOC(=O)c1ccc(NC(=O)CCc2cc(S(=O)(=O)N3CCCC3)ccc2OC)c(C)c1. The summed E-state index contributed by atoms with van der Waals surface area (Å²) >= 11 is 0. The summed E-state index contributed by atoms with van der Waals surface area (Å²) in [4.78, 5) is 24.7. The molecular formula is C24H30N2O6S. The maximum absolute atomic E-state index is 12.9. The number of aryl methyl sites for hydroxylation is 2. The molecule has 1 N–H and O–H groups in total. The molecule has 1 aliphatic heterocycles. The van der Waals surface area contributed by atoms with Gasteiger partial charge in [0, 0.05) is 25.2 Å². The zero-order valence-electron chi connectivity index (χ0n) is 19.2. The third-order valence-electron chi connectivity index (χ3n) is 5.59. The minimum absolute atomic E-state index is 0.142. The smallest absolute Gasteiger partial charge is 0.338 e. The molecule has 0 saturated carbocycles. The molecule has 2 aromatic carbocycles. The van der Waals surface area contributed by atoms with E-state index < -0.39 is 16.0 Å². The Morgan fingerprint density at radius 2 is 1.82 bits per heavy atom. The van der Waals surface area contributed by atoms with Gasteiger partial charge in [0.1, 0.15) is 5.75 Å². The van der Waals surface area contributed by atoms with Gasteiger partial charge in [-0.1, -0.05) is 0 Å². The standard InChI is InChI=1S/C24H30N2O6S/c1-4-32-24(28)19-7-10-21(17(2)15-19)25-23(27)12-8-18-16-20(9-11-22(18)31-3)33(29,30)26-13-5-6-14-26/h7,9-11,15-16H,4-6,8,12-14H2,1-3H3,(H,25,27). The minimum Gasteiger partial charge on any atom is -0.496 e. The Bertz CT molecular complexity index is 1120. The topological polar surface area (TPSA) is 102 Å². The lowest BCUT2D eigenvalue weighted by atomic mass is 10.1. The average Bonchev–Trinajstić information content (AvgIpc) is 3.35. The summed E-state index contributed by atoms with van der Waals surface area (Å²) < 4.78 is 37.7. The lowest BCUT2D eigenvalue weighted by Crippen LogP contribution is -2.28. The molecule has 1 heterocycles. The van der Waals surface area contributed by atoms with E-state index in [9.17, 15) is 18.0 Å². The molecule has 1 amide bonds. The van der Waals surface area contributed by atoms with Gasteiger partial charge in [-0.05, 0) is 80.6 Å². The summed E-state index contributed by atoms with van der Waals surface area (Å²) in [5.74, 6) is -0.0932. The van der Waals surface area contributed by atoms with E-state index in [1.54, 1.807) is 50.2 Å². The van der Waals surface area contributed by atoms with Crippen molar-refractivity contribution < 1.29 is 27.5 Å². The Morgan fingerprint density at radius 1 is 1.09 bits per heavy atom. The van der Waals surface area contributed by atoms with Crippen LogP contribution < -0.4 is 10.1 Å². The van der Waals surface area contributed by atoms with E-state index in [0.29, 0.717) is 48.7 Å². The van der Waals surface area contributed by atoms with Gasteiger partial charge >= 0.3 is 5.97 Å². The molecule has 0 aliphatic carbocycles. The van der Waals surface area contributed by atoms with Crippen molar-refractivity contribution in [2.75, 3.05) is 32.1 Å². The first-order valence-corrected chi connectivity index (χ1v) is 12.4. The highest BCUT2D eigenvalue weighted by molar-refractivity contribution is 7.89. The van der Waals surface area contributed by atoms with Crippen LogP contribution in [0.25, 0.3) is 0 Å². The summed E-state index contributed by atoms with van der Waals surface area (Å²) in [5.41, 5.74) is 2.42. The van der Waals surface area contributed by atoms with Crippen molar-refractivity contribution in [1.82, 2.24) is 4.31 Å². The van der Waals surface area contributed by atoms with Crippen molar-refractivity contribution in [3.8, 4) is 5.75 Å². The van der Waals surface area contributed by atoms with Crippen molar-refractivity contribution >= 4 is 27.6 Å². The van der Waals surface area contributed by atoms with Crippen LogP contribution in [0.5, 0.6) is 5.75 Å². The first kappa shape index (κ1) is 24.7. The normalized spacial score (nSPS) is 14.2. The molecule has 1 fully saturated rings. The van der Waals surface area contributed by atoms with Crippen molar-refractivity contribution in [2.45, 2.75) is 44.4 Å². The number of hydrogen-bond donors (Lipinski definition) is 1. The van der Waals surface area contributed by atoms with Crippen molar-refractivity contribution in [3.63, 3.8) is 0 Å². The highest BCUT2D eigenvalue weighted by atomic mass is 32.2. The minimum atomic E-state index is -3.55. The number of methoxy groups -OCH3 is 1. The second-order valence-corrected chi connectivity index (χ2v) is 9.82. The largest absolute Gasteiger partial charge is 0.496 e. The number of nitrogens with zero attached hydrogens (tertiary/aromatic N) is 1. The number of carbonyl (C=O) groups is 2. The van der Waals surface area contributed by atoms with Crippen LogP contribution in [0.15, 0.2) is 41.3 Å². The number of hydrogen-bond acceptors (Lipinski definition) is 6. The van der Waals surface area contributed by atoms with E-state index in [0.717, 1.165) is 18.4 Å². The quantitative estimate of drug-likeness (QED) is 0.558. The fraction of sp³-hybridized carbons (Fsp3) is 0.417. The predicted molar refractivity (Wildman–Crippen MR) is 125 cm³/mol. The Kier molecular flexibility index (Phi) is 8.10. The van der Waals surface area contributed by atoms with Crippen LogP contribution in [-0.2, 0) is 26.0 Å². The Balaban J connectivity index is 1.69. The van der Waals surface area contributed by atoms with Crippen molar-refractivity contribution in [3.05, 3.63) is 53.1 Å². The van der Waals surface area contributed by atoms with E-state index in [-0.39, 0.29) is 17.2 Å². The Hall–Kier alpha value is -2.91. The lowest BCUT2D eigenvalue weighted by Gasteiger charge is -2.17. The Labute approximate surface area is 194 Å². The second-order valence-electron chi connectivity index (χ2n) is 7.88. The number of esters is 1. The maximum Gasteiger partial charge on any atom is 0.338 e. The van der Waals surface area contributed by atoms with Crippen molar-refractivity contribution in [1.29, 1.82) is 0 Å². The van der Waals surface area contributed by atoms with Crippen molar-refractivity contribution in [2.24, 2.45) is 0 Å². The molecule has 0 spiro atoms. The molecule has 0 radical (unpaired) electrons. The molecule has 0 aromatic heterocycles. The highest BCUT2D eigenvalue weighted by Crippen LogP contribution is 2.27. The van der Waals surface area contributed by atoms with Gasteiger partial charge in [-0.15, -0.1) is 0 Å². The first-order valence-electron chi connectivity index (χ1n) is 11.0. The molecule has 1 aliphatic rings. The molecule has 0 atom stereocenters. The molecule has 0 unspecified atom stereocenters. The fourth-order valence-electron chi connectivity index (χ4n) is 3.79. The maximum atomic E-state index is 12.9. The van der Waals surface area contributed by atoms with Gasteiger partial charge in [0.2, 0.25) is 15.9 Å². The molecular weight excluding hydrogens is 444 g/mol. The zero-order chi connectivity index (χ0) is 24.0. The van der Waals surface area contributed by atoms with Crippen LogP contribution in [0, 0.1) is 6.92 Å². The molecule has 0 bridgehead atoms. The van der Waals surface area contributed by atoms with E-state index in [4.69, 9.17) is 9.47 Å². The third kappa shape index (κ3) is 5.91. The zero-order valence-corrected chi connectivity index (χ0v) is 20.0. The van der Waals surface area contributed by atoms with Gasteiger partial charge in [-0.2, -0.15) is 4.31 Å². The fourth-order valence-corrected chi connectivity index (χ4v) is 5.36. The van der Waals surface area contributed by atoms with Crippen LogP contribution in [0.2, 0.25) is 0 Å². The molecule has 1 saturated heterocycles. The number of anilines is 1. The summed E-state index contributed by atoms with van der Waals surface area (Å²) in [6, 6.07) is 9.72. The number of rotatable bonds is 9. The van der Waals surface area contributed by atoms with Gasteiger partial charge in [0.25, 0.3) is 0 Å². The van der Waals surface area contributed by atoms with Gasteiger partial charge in [0.15, 0.2) is 0 Å².